The molecule has 2 N–H and O–H groups in total. The van der Waals surface area contributed by atoms with Crippen LogP contribution in [0.25, 0.3) is 0 Å². The van der Waals surface area contributed by atoms with E-state index in [0.29, 0.717) is 5.56 Å². The van der Waals surface area contributed by atoms with Crippen LogP contribution >= 0.6 is 0 Å². The molecule has 6 nitrogen and oxygen atoms in total. The molecule has 0 aliphatic carbocycles. The number of hydrogen-bond donors (Lipinski definition) is 2. The van der Waals surface area contributed by atoms with E-state index in [-0.39, 0.29) is 18.6 Å². The predicted molar refractivity (Wildman–Crippen MR) is 57.0 cm³/mol. The van der Waals surface area contributed by atoms with Gasteiger partial charge in [-0.3, -0.25) is 14.9 Å². The Morgan fingerprint density at radius 3 is 2.88 bits per heavy atom. The molecule has 6 heteroatoms. The number of aromatic nitrogens is 1. The highest BCUT2D eigenvalue weighted by atomic mass is 16.6. The molecular formula is C10H10N2O4. The molecule has 0 aliphatic heterocycles. The van der Waals surface area contributed by atoms with Gasteiger partial charge in [-0.15, -0.1) is 0 Å². The lowest BCUT2D eigenvalue weighted by Crippen LogP contribution is -2.13. The fourth-order valence-electron chi connectivity index (χ4n) is 1.18. The highest BCUT2D eigenvalue weighted by molar-refractivity contribution is 5.49. The van der Waals surface area contributed by atoms with Crippen LogP contribution < -0.4 is 5.56 Å². The van der Waals surface area contributed by atoms with Gasteiger partial charge in [0.2, 0.25) is 0 Å². The number of aliphatic hydroxyl groups is 1. The second-order valence-electron chi connectivity index (χ2n) is 3.04. The topological polar surface area (TPSA) is 96.2 Å². The van der Waals surface area contributed by atoms with Crippen LogP contribution in [-0.2, 0) is 0 Å². The number of nitrogens with zero attached hydrogens (tertiary/aromatic N) is 1. The lowest BCUT2D eigenvalue weighted by Gasteiger charge is -1.98. The van der Waals surface area contributed by atoms with Crippen molar-refractivity contribution < 1.29 is 10.0 Å². The number of aliphatic hydroxyl groups excluding tert-OH is 1. The van der Waals surface area contributed by atoms with Gasteiger partial charge in [-0.25, -0.2) is 0 Å². The van der Waals surface area contributed by atoms with Crippen molar-refractivity contribution in [3.05, 3.63) is 37.8 Å². The molecule has 0 unspecified atom stereocenters. The number of aromatic amines is 1. The maximum atomic E-state index is 11.2. The van der Waals surface area contributed by atoms with Crippen molar-refractivity contribution in [2.24, 2.45) is 0 Å². The van der Waals surface area contributed by atoms with E-state index < -0.39 is 16.2 Å². The molecule has 1 aromatic heterocycles. The minimum absolute atomic E-state index is 0.0719. The maximum absolute atomic E-state index is 11.2. The third-order valence-electron chi connectivity index (χ3n) is 1.96. The summed E-state index contributed by atoms with van der Waals surface area (Å²) in [6, 6.07) is 0. The number of H-pyrrole nitrogens is 1. The summed E-state index contributed by atoms with van der Waals surface area (Å²) in [5, 5.41) is 19.2. The first-order valence-electron chi connectivity index (χ1n) is 4.54. The number of rotatable bonds is 2. The summed E-state index contributed by atoms with van der Waals surface area (Å²) in [6.07, 6.45) is 1.61. The van der Waals surface area contributed by atoms with Crippen molar-refractivity contribution >= 4 is 5.69 Å². The lowest BCUT2D eigenvalue weighted by molar-refractivity contribution is -0.386. The second kappa shape index (κ2) is 5.09. The second-order valence-corrected chi connectivity index (χ2v) is 3.04. The Bertz CT molecular complexity index is 522. The maximum Gasteiger partial charge on any atom is 0.337 e. The van der Waals surface area contributed by atoms with Gasteiger partial charge in [0.15, 0.2) is 0 Å². The van der Waals surface area contributed by atoms with Gasteiger partial charge in [0.05, 0.1) is 17.1 Å². The van der Waals surface area contributed by atoms with Crippen molar-refractivity contribution in [1.82, 2.24) is 4.98 Å². The van der Waals surface area contributed by atoms with E-state index in [2.05, 4.69) is 16.8 Å². The van der Waals surface area contributed by atoms with Crippen LogP contribution in [0, 0.1) is 28.9 Å². The summed E-state index contributed by atoms with van der Waals surface area (Å²) in [4.78, 5) is 23.3. The van der Waals surface area contributed by atoms with Crippen LogP contribution in [0.5, 0.6) is 0 Å². The standard InChI is InChI=1S/C10H10N2O4/c1-7-8(4-2-3-5-13)6-11-10(14)9(7)12(15)16/h6,13H,3,5H2,1H3,(H,11,14). The number of nitrogens with one attached hydrogen (secondary N) is 1. The molecule has 0 fully saturated rings. The van der Waals surface area contributed by atoms with Gasteiger partial charge in [-0.05, 0) is 6.92 Å². The number of pyridine rings is 1. The number of nitro groups is 1. The molecular weight excluding hydrogens is 212 g/mol. The van der Waals surface area contributed by atoms with Crippen molar-refractivity contribution in [3.63, 3.8) is 0 Å². The van der Waals surface area contributed by atoms with Crippen LogP contribution in [0.2, 0.25) is 0 Å². The van der Waals surface area contributed by atoms with Crippen LogP contribution in [0.4, 0.5) is 5.69 Å². The van der Waals surface area contributed by atoms with Crippen molar-refractivity contribution in [3.8, 4) is 11.8 Å². The van der Waals surface area contributed by atoms with E-state index in [1.807, 2.05) is 0 Å². The highest BCUT2D eigenvalue weighted by Crippen LogP contribution is 2.14. The van der Waals surface area contributed by atoms with E-state index >= 15 is 0 Å². The first-order chi connectivity index (χ1) is 7.57. The van der Waals surface area contributed by atoms with Gasteiger partial charge in [-0.2, -0.15) is 0 Å². The van der Waals surface area contributed by atoms with Crippen LogP contribution in [0.1, 0.15) is 17.5 Å². The first kappa shape index (κ1) is 11.9. The largest absolute Gasteiger partial charge is 0.395 e. The smallest absolute Gasteiger partial charge is 0.337 e. The average Bonchev–Trinajstić information content (AvgIpc) is 2.21. The molecule has 1 heterocycles. The third kappa shape index (κ3) is 2.46. The molecule has 84 valence electrons. The summed E-state index contributed by atoms with van der Waals surface area (Å²) in [7, 11) is 0. The minimum Gasteiger partial charge on any atom is -0.395 e. The monoisotopic (exact) mass is 222 g/mol. The molecule has 0 radical (unpaired) electrons. The van der Waals surface area contributed by atoms with Crippen molar-refractivity contribution in [2.45, 2.75) is 13.3 Å². The van der Waals surface area contributed by atoms with Gasteiger partial charge in [0.1, 0.15) is 0 Å². The van der Waals surface area contributed by atoms with Crippen molar-refractivity contribution in [1.29, 1.82) is 0 Å². The Morgan fingerprint density at radius 1 is 1.62 bits per heavy atom. The van der Waals surface area contributed by atoms with Gasteiger partial charge >= 0.3 is 11.2 Å². The summed E-state index contributed by atoms with van der Waals surface area (Å²) in [5.41, 5.74) is -0.607. The molecule has 0 aliphatic rings. The zero-order valence-electron chi connectivity index (χ0n) is 8.61. The molecule has 0 atom stereocenters. The summed E-state index contributed by atoms with van der Waals surface area (Å²) < 4.78 is 0. The van der Waals surface area contributed by atoms with Crippen LogP contribution in [0.3, 0.4) is 0 Å². The van der Waals surface area contributed by atoms with Gasteiger partial charge in [-0.1, -0.05) is 11.8 Å². The quantitative estimate of drug-likeness (QED) is 0.428. The van der Waals surface area contributed by atoms with Gasteiger partial charge < -0.3 is 10.1 Å². The Labute approximate surface area is 91.1 Å². The molecule has 16 heavy (non-hydrogen) atoms. The Kier molecular flexibility index (Phi) is 3.80. The molecule has 0 spiro atoms. The van der Waals surface area contributed by atoms with Crippen LogP contribution in [-0.4, -0.2) is 21.6 Å². The number of hydrogen-bond acceptors (Lipinski definition) is 4. The van der Waals surface area contributed by atoms with E-state index in [0.717, 1.165) is 0 Å². The van der Waals surface area contributed by atoms with E-state index in [1.165, 1.54) is 13.1 Å². The minimum atomic E-state index is -0.741. The lowest BCUT2D eigenvalue weighted by atomic mass is 10.1. The summed E-state index contributed by atoms with van der Waals surface area (Å²) in [6.45, 7) is 1.40. The van der Waals surface area contributed by atoms with Crippen LogP contribution in [0.15, 0.2) is 11.0 Å². The Morgan fingerprint density at radius 2 is 2.31 bits per heavy atom. The average molecular weight is 222 g/mol. The summed E-state index contributed by atoms with van der Waals surface area (Å²) >= 11 is 0. The molecule has 0 amide bonds. The fraction of sp³-hybridized carbons (Fsp3) is 0.300. The molecule has 0 saturated heterocycles. The third-order valence-corrected chi connectivity index (χ3v) is 1.96. The molecule has 0 bridgehead atoms. The van der Waals surface area contributed by atoms with Crippen molar-refractivity contribution in [2.75, 3.05) is 6.61 Å². The van der Waals surface area contributed by atoms with E-state index in [4.69, 9.17) is 5.11 Å². The zero-order valence-corrected chi connectivity index (χ0v) is 8.61. The van der Waals surface area contributed by atoms with E-state index in [1.54, 1.807) is 0 Å². The Balaban J connectivity index is 3.26. The van der Waals surface area contributed by atoms with Gasteiger partial charge in [0.25, 0.3) is 0 Å². The first-order valence-corrected chi connectivity index (χ1v) is 4.54. The SMILES string of the molecule is Cc1c(C#CCCO)c[nH]c(=O)c1[N+](=O)[O-]. The normalized spacial score (nSPS) is 9.38. The molecule has 1 aromatic rings. The van der Waals surface area contributed by atoms with E-state index in [9.17, 15) is 14.9 Å². The molecule has 0 aromatic carbocycles. The fourth-order valence-corrected chi connectivity index (χ4v) is 1.18. The molecule has 0 saturated carbocycles. The zero-order chi connectivity index (χ0) is 12.1. The highest BCUT2D eigenvalue weighted by Gasteiger charge is 2.18. The summed E-state index contributed by atoms with van der Waals surface area (Å²) in [5.74, 6) is 5.28. The predicted octanol–water partition coefficient (Wildman–Crippen LogP) is 0.325. The van der Waals surface area contributed by atoms with Gasteiger partial charge in [0, 0.05) is 18.2 Å². The Hall–Kier alpha value is -2.13. The molecule has 1 rings (SSSR count).